The largest absolute Gasteiger partial charge is 0.338 e. The monoisotopic (exact) mass is 394 g/mol. The Morgan fingerprint density at radius 1 is 1.21 bits per heavy atom. The minimum atomic E-state index is -0.439. The van der Waals surface area contributed by atoms with E-state index < -0.39 is 5.56 Å². The van der Waals surface area contributed by atoms with Crippen molar-refractivity contribution in [3.05, 3.63) is 46.1 Å². The lowest BCUT2D eigenvalue weighted by Crippen LogP contribution is -2.18. The molecule has 1 aliphatic rings. The fourth-order valence-corrected chi connectivity index (χ4v) is 3.58. The van der Waals surface area contributed by atoms with Gasteiger partial charge in [0.1, 0.15) is 11.6 Å². The first-order chi connectivity index (χ1) is 13.7. The number of H-pyrrole nitrogens is 1. The Labute approximate surface area is 165 Å². The van der Waals surface area contributed by atoms with Crippen LogP contribution in [0.5, 0.6) is 0 Å². The van der Waals surface area contributed by atoms with E-state index in [0.29, 0.717) is 34.7 Å². The van der Waals surface area contributed by atoms with Crippen LogP contribution in [-0.4, -0.2) is 44.4 Å². The molecular weight excluding hydrogens is 376 g/mol. The van der Waals surface area contributed by atoms with Crippen LogP contribution in [0, 0.1) is 11.3 Å². The number of nitriles is 1. The van der Waals surface area contributed by atoms with E-state index in [2.05, 4.69) is 25.0 Å². The molecule has 0 atom stereocenters. The highest BCUT2D eigenvalue weighted by molar-refractivity contribution is 7.98. The Bertz CT molecular complexity index is 1080. The number of thioether (sulfide) groups is 1. The first kappa shape index (κ1) is 18.4. The Morgan fingerprint density at radius 3 is 2.61 bits per heavy atom. The van der Waals surface area contributed by atoms with Gasteiger partial charge in [0.2, 0.25) is 11.7 Å². The fraction of sp³-hybridized carbons (Fsp3) is 0.316. The minimum Gasteiger partial charge on any atom is -0.338 e. The van der Waals surface area contributed by atoms with Crippen molar-refractivity contribution < 1.29 is 4.52 Å². The number of benzene rings is 1. The van der Waals surface area contributed by atoms with Crippen LogP contribution in [0.1, 0.15) is 24.3 Å². The van der Waals surface area contributed by atoms with Crippen molar-refractivity contribution in [2.45, 2.75) is 24.5 Å². The van der Waals surface area contributed by atoms with E-state index in [4.69, 9.17) is 4.52 Å². The molecule has 0 aliphatic carbocycles. The van der Waals surface area contributed by atoms with Crippen molar-refractivity contribution in [3.8, 4) is 28.7 Å². The average molecular weight is 394 g/mol. The minimum absolute atomic E-state index is 0.00184. The zero-order valence-corrected chi connectivity index (χ0v) is 16.1. The van der Waals surface area contributed by atoms with E-state index in [1.807, 2.05) is 24.5 Å². The lowest BCUT2D eigenvalue weighted by molar-refractivity contribution is 0.268. The topological polar surface area (TPSA) is 112 Å². The number of nitrogens with zero attached hydrogens (tertiary/aromatic N) is 5. The zero-order valence-electron chi connectivity index (χ0n) is 15.3. The summed E-state index contributed by atoms with van der Waals surface area (Å²) < 4.78 is 5.37. The summed E-state index contributed by atoms with van der Waals surface area (Å²) in [5.74, 6) is 1.12. The summed E-state index contributed by atoms with van der Waals surface area (Å²) in [5, 5.41) is 13.9. The van der Waals surface area contributed by atoms with Gasteiger partial charge in [0.05, 0.1) is 12.2 Å². The number of rotatable bonds is 5. The molecule has 1 aliphatic heterocycles. The molecule has 3 aromatic rings. The summed E-state index contributed by atoms with van der Waals surface area (Å²) in [6, 6.07) is 9.22. The van der Waals surface area contributed by atoms with Crippen molar-refractivity contribution in [2.75, 3.05) is 19.3 Å². The van der Waals surface area contributed by atoms with Gasteiger partial charge in [0, 0.05) is 11.1 Å². The lowest BCUT2D eigenvalue weighted by Gasteiger charge is -2.09. The van der Waals surface area contributed by atoms with Crippen LogP contribution in [0.3, 0.4) is 0 Å². The van der Waals surface area contributed by atoms with E-state index in [1.165, 1.54) is 24.6 Å². The lowest BCUT2D eigenvalue weighted by atomic mass is 10.1. The molecule has 1 aromatic carbocycles. The Morgan fingerprint density at radius 2 is 1.93 bits per heavy atom. The summed E-state index contributed by atoms with van der Waals surface area (Å²) in [4.78, 5) is 25.8. The molecule has 1 fully saturated rings. The Kier molecular flexibility index (Phi) is 5.23. The molecule has 0 unspecified atom stereocenters. The van der Waals surface area contributed by atoms with E-state index in [-0.39, 0.29) is 5.56 Å². The highest BCUT2D eigenvalue weighted by Gasteiger charge is 2.17. The molecule has 0 spiro atoms. The van der Waals surface area contributed by atoms with E-state index in [9.17, 15) is 10.1 Å². The maximum atomic E-state index is 12.1. The van der Waals surface area contributed by atoms with E-state index in [0.717, 1.165) is 18.7 Å². The van der Waals surface area contributed by atoms with Crippen LogP contribution in [-0.2, 0) is 6.54 Å². The maximum absolute atomic E-state index is 12.1. The van der Waals surface area contributed by atoms with Gasteiger partial charge in [-0.15, -0.1) is 0 Å². The normalized spacial score (nSPS) is 14.3. The van der Waals surface area contributed by atoms with Crippen molar-refractivity contribution in [3.63, 3.8) is 0 Å². The molecule has 4 rings (SSSR count). The third-order valence-corrected chi connectivity index (χ3v) is 5.23. The summed E-state index contributed by atoms with van der Waals surface area (Å²) in [6.45, 7) is 2.80. The molecule has 1 saturated heterocycles. The predicted molar refractivity (Wildman–Crippen MR) is 105 cm³/mol. The van der Waals surface area contributed by atoms with Crippen molar-refractivity contribution in [2.24, 2.45) is 0 Å². The van der Waals surface area contributed by atoms with Crippen molar-refractivity contribution >= 4 is 11.8 Å². The van der Waals surface area contributed by atoms with Crippen LogP contribution in [0.15, 0.2) is 38.7 Å². The van der Waals surface area contributed by atoms with Crippen LogP contribution in [0.25, 0.3) is 22.6 Å². The zero-order chi connectivity index (χ0) is 19.5. The standard InChI is InChI=1S/C19H18N6O2S/c1-28-19-22-16(14(10-20)18(26)23-19)12-4-6-13(7-5-12)17-21-15(27-24-17)11-25-8-2-3-9-25/h4-7H,2-3,8-9,11H2,1H3,(H,22,23,26). The Balaban J connectivity index is 1.60. The molecule has 0 radical (unpaired) electrons. The molecule has 8 nitrogen and oxygen atoms in total. The Hall–Kier alpha value is -2.96. The highest BCUT2D eigenvalue weighted by Crippen LogP contribution is 2.25. The van der Waals surface area contributed by atoms with Gasteiger partial charge >= 0.3 is 0 Å². The number of nitrogens with one attached hydrogen (secondary N) is 1. The summed E-state index contributed by atoms with van der Waals surface area (Å²) in [6.07, 6.45) is 4.23. The van der Waals surface area contributed by atoms with Crippen LogP contribution < -0.4 is 5.56 Å². The van der Waals surface area contributed by atoms with E-state index >= 15 is 0 Å². The molecule has 2 aromatic heterocycles. The number of aromatic amines is 1. The first-order valence-electron chi connectivity index (χ1n) is 8.92. The molecule has 0 bridgehead atoms. The van der Waals surface area contributed by atoms with Crippen LogP contribution in [0.4, 0.5) is 0 Å². The quantitative estimate of drug-likeness (QED) is 0.519. The van der Waals surface area contributed by atoms with Gasteiger partial charge in [0.25, 0.3) is 5.56 Å². The van der Waals surface area contributed by atoms with Gasteiger partial charge in [-0.1, -0.05) is 41.2 Å². The smallest absolute Gasteiger partial charge is 0.270 e. The first-order valence-corrected chi connectivity index (χ1v) is 10.1. The number of aromatic nitrogens is 4. The average Bonchev–Trinajstić information content (AvgIpc) is 3.40. The summed E-state index contributed by atoms with van der Waals surface area (Å²) in [5.41, 5.74) is 1.41. The molecule has 142 valence electrons. The summed E-state index contributed by atoms with van der Waals surface area (Å²) >= 11 is 1.31. The summed E-state index contributed by atoms with van der Waals surface area (Å²) in [7, 11) is 0. The molecule has 0 amide bonds. The van der Waals surface area contributed by atoms with Gasteiger partial charge in [-0.3, -0.25) is 9.69 Å². The van der Waals surface area contributed by atoms with Gasteiger partial charge in [-0.25, -0.2) is 4.98 Å². The third kappa shape index (κ3) is 3.69. The van der Waals surface area contributed by atoms with Gasteiger partial charge in [-0.2, -0.15) is 10.2 Å². The number of hydrogen-bond acceptors (Lipinski definition) is 8. The van der Waals surface area contributed by atoms with Gasteiger partial charge in [-0.05, 0) is 32.2 Å². The van der Waals surface area contributed by atoms with Crippen LogP contribution in [0.2, 0.25) is 0 Å². The SMILES string of the molecule is CSc1nc(-c2ccc(-c3noc(CN4CCCC4)n3)cc2)c(C#N)c(=O)[nH]1. The molecular formula is C19H18N6O2S. The van der Waals surface area contributed by atoms with Crippen molar-refractivity contribution in [1.29, 1.82) is 5.26 Å². The highest BCUT2D eigenvalue weighted by atomic mass is 32.2. The molecule has 28 heavy (non-hydrogen) atoms. The number of likely N-dealkylation sites (tertiary alicyclic amines) is 1. The second-order valence-electron chi connectivity index (χ2n) is 6.48. The molecule has 3 heterocycles. The third-order valence-electron chi connectivity index (χ3n) is 4.65. The second-order valence-corrected chi connectivity index (χ2v) is 7.28. The fourth-order valence-electron chi connectivity index (χ4n) is 3.21. The maximum Gasteiger partial charge on any atom is 0.270 e. The van der Waals surface area contributed by atoms with Gasteiger partial charge in [0.15, 0.2) is 5.16 Å². The van der Waals surface area contributed by atoms with Crippen LogP contribution >= 0.6 is 11.8 Å². The number of hydrogen-bond donors (Lipinski definition) is 1. The second kappa shape index (κ2) is 7.96. The van der Waals surface area contributed by atoms with Gasteiger partial charge < -0.3 is 9.51 Å². The van der Waals surface area contributed by atoms with Crippen molar-refractivity contribution in [1.82, 2.24) is 25.0 Å². The van der Waals surface area contributed by atoms with E-state index in [1.54, 1.807) is 12.1 Å². The molecule has 1 N–H and O–H groups in total. The predicted octanol–water partition coefficient (Wildman–Crippen LogP) is 2.68. The molecule has 9 heteroatoms. The molecule has 0 saturated carbocycles.